The van der Waals surface area contributed by atoms with Gasteiger partial charge in [-0.25, -0.2) is 9.07 Å². The highest BCUT2D eigenvalue weighted by Crippen LogP contribution is 2.42. The Morgan fingerprint density at radius 2 is 2.14 bits per heavy atom. The first-order valence-electron chi connectivity index (χ1n) is 9.70. The molecule has 29 heavy (non-hydrogen) atoms. The minimum atomic E-state index is -0.321. The fourth-order valence-corrected chi connectivity index (χ4v) is 4.97. The van der Waals surface area contributed by atoms with Gasteiger partial charge in [-0.3, -0.25) is 9.93 Å². The largest absolute Gasteiger partial charge is 0.312 e. The van der Waals surface area contributed by atoms with E-state index in [1.807, 2.05) is 27.9 Å². The van der Waals surface area contributed by atoms with Crippen LogP contribution in [0.3, 0.4) is 0 Å². The van der Waals surface area contributed by atoms with Crippen LogP contribution in [0, 0.1) is 11.7 Å². The van der Waals surface area contributed by atoms with Gasteiger partial charge in [0.05, 0.1) is 10.6 Å². The molecule has 0 bridgehead atoms. The predicted octanol–water partition coefficient (Wildman–Crippen LogP) is 3.84. The van der Waals surface area contributed by atoms with E-state index in [1.165, 1.54) is 17.2 Å². The molecule has 0 saturated heterocycles. The van der Waals surface area contributed by atoms with Crippen LogP contribution in [0.1, 0.15) is 29.5 Å². The lowest BCUT2D eigenvalue weighted by Crippen LogP contribution is -2.36. The van der Waals surface area contributed by atoms with Gasteiger partial charge in [0.25, 0.3) is 0 Å². The number of amides is 1. The third kappa shape index (κ3) is 2.96. The summed E-state index contributed by atoms with van der Waals surface area (Å²) < 4.78 is 15.9. The molecule has 5 nitrogen and oxygen atoms in total. The molecule has 7 heteroatoms. The van der Waals surface area contributed by atoms with E-state index in [4.69, 9.17) is 5.14 Å². The fraction of sp³-hybridized carbons (Fsp3) is 0.273. The maximum atomic E-state index is 14.1. The molecule has 2 aromatic carbocycles. The Hall–Kier alpha value is -2.64. The molecular formula is C22H21FN4OS. The molecule has 2 atom stereocenters. The lowest BCUT2D eigenvalue weighted by Gasteiger charge is -2.24. The van der Waals surface area contributed by atoms with Gasteiger partial charge in [0.2, 0.25) is 5.91 Å². The molecule has 0 fully saturated rings. The molecule has 2 aliphatic rings. The van der Waals surface area contributed by atoms with Crippen molar-refractivity contribution >= 4 is 23.5 Å². The molecule has 0 saturated carbocycles. The minimum absolute atomic E-state index is 0.104. The molecule has 1 aliphatic heterocycles. The van der Waals surface area contributed by atoms with Gasteiger partial charge in [0.15, 0.2) is 0 Å². The van der Waals surface area contributed by atoms with Crippen molar-refractivity contribution in [2.75, 3.05) is 11.4 Å². The van der Waals surface area contributed by atoms with Crippen LogP contribution in [0.4, 0.5) is 10.1 Å². The van der Waals surface area contributed by atoms with E-state index in [-0.39, 0.29) is 23.6 Å². The molecular weight excluding hydrogens is 387 g/mol. The number of carbonyl (C=O) groups is 1. The van der Waals surface area contributed by atoms with Crippen LogP contribution in [0.15, 0.2) is 53.7 Å². The summed E-state index contributed by atoms with van der Waals surface area (Å²) >= 11 is 0.877. The Morgan fingerprint density at radius 1 is 1.28 bits per heavy atom. The average Bonchev–Trinajstić information content (AvgIpc) is 3.45. The molecule has 148 valence electrons. The zero-order valence-electron chi connectivity index (χ0n) is 16.0. The maximum Gasteiger partial charge on any atom is 0.231 e. The normalized spacial score (nSPS) is 20.0. The van der Waals surface area contributed by atoms with E-state index < -0.39 is 0 Å². The first-order chi connectivity index (χ1) is 14.1. The Morgan fingerprint density at radius 3 is 2.90 bits per heavy atom. The average molecular weight is 409 g/mol. The van der Waals surface area contributed by atoms with E-state index in [0.29, 0.717) is 24.3 Å². The SMILES string of the molecule is CC1c2ccc(-n3cccn3)cc2CC1C(=O)N1CCc2cc(F)c(SN)cc21. The molecule has 2 heterocycles. The summed E-state index contributed by atoms with van der Waals surface area (Å²) in [6.45, 7) is 2.70. The van der Waals surface area contributed by atoms with E-state index in [1.54, 1.807) is 12.3 Å². The maximum absolute atomic E-state index is 14.1. The number of rotatable bonds is 3. The van der Waals surface area contributed by atoms with Gasteiger partial charge in [-0.15, -0.1) is 0 Å². The van der Waals surface area contributed by atoms with Crippen molar-refractivity contribution in [3.63, 3.8) is 0 Å². The predicted molar refractivity (Wildman–Crippen MR) is 112 cm³/mol. The Labute approximate surface area is 172 Å². The second-order valence-corrected chi connectivity index (χ2v) is 8.38. The molecule has 2 N–H and O–H groups in total. The molecule has 0 spiro atoms. The number of fused-ring (bicyclic) bond motifs is 2. The van der Waals surface area contributed by atoms with E-state index in [9.17, 15) is 9.18 Å². The highest BCUT2D eigenvalue weighted by Gasteiger charge is 2.39. The van der Waals surface area contributed by atoms with Crippen LogP contribution >= 0.6 is 11.9 Å². The van der Waals surface area contributed by atoms with Gasteiger partial charge >= 0.3 is 0 Å². The number of aromatic nitrogens is 2. The number of nitrogens with two attached hydrogens (primary N) is 1. The van der Waals surface area contributed by atoms with Gasteiger partial charge in [-0.1, -0.05) is 13.0 Å². The first-order valence-corrected chi connectivity index (χ1v) is 10.6. The molecule has 1 aromatic heterocycles. The summed E-state index contributed by atoms with van der Waals surface area (Å²) in [6.07, 6.45) is 5.04. The number of hydrogen-bond donors (Lipinski definition) is 1. The van der Waals surface area contributed by atoms with Crippen LogP contribution < -0.4 is 10.0 Å². The zero-order chi connectivity index (χ0) is 20.1. The summed E-state index contributed by atoms with van der Waals surface area (Å²) in [5.74, 6) is -0.203. The van der Waals surface area contributed by atoms with Crippen molar-refractivity contribution in [1.29, 1.82) is 0 Å². The second-order valence-electron chi connectivity index (χ2n) is 7.70. The number of carbonyl (C=O) groups excluding carboxylic acids is 1. The second kappa shape index (κ2) is 7.00. The summed E-state index contributed by atoms with van der Waals surface area (Å²) in [6, 6.07) is 11.4. The topological polar surface area (TPSA) is 64.2 Å². The zero-order valence-corrected chi connectivity index (χ0v) is 16.8. The molecule has 1 aliphatic carbocycles. The van der Waals surface area contributed by atoms with Gasteiger partial charge in [0, 0.05) is 30.5 Å². The van der Waals surface area contributed by atoms with Gasteiger partial charge in [-0.2, -0.15) is 5.10 Å². The Kier molecular flexibility index (Phi) is 4.44. The summed E-state index contributed by atoms with van der Waals surface area (Å²) in [7, 11) is 0. The number of benzene rings is 2. The van der Waals surface area contributed by atoms with E-state index >= 15 is 0 Å². The number of hydrogen-bond acceptors (Lipinski definition) is 4. The van der Waals surface area contributed by atoms with Crippen molar-refractivity contribution < 1.29 is 9.18 Å². The lowest BCUT2D eigenvalue weighted by atomic mass is 9.93. The van der Waals surface area contributed by atoms with Gasteiger partial charge in [0.1, 0.15) is 5.82 Å². The summed E-state index contributed by atoms with van der Waals surface area (Å²) in [5.41, 5.74) is 5.08. The third-order valence-electron chi connectivity index (χ3n) is 6.17. The lowest BCUT2D eigenvalue weighted by molar-refractivity contribution is -0.122. The monoisotopic (exact) mass is 408 g/mol. The van der Waals surface area contributed by atoms with E-state index in [0.717, 1.165) is 28.9 Å². The molecule has 2 unspecified atom stereocenters. The van der Waals surface area contributed by atoms with Crippen molar-refractivity contribution in [1.82, 2.24) is 9.78 Å². The van der Waals surface area contributed by atoms with Gasteiger partial charge < -0.3 is 4.90 Å². The first kappa shape index (κ1) is 18.4. The Balaban J connectivity index is 1.43. The smallest absolute Gasteiger partial charge is 0.231 e. The summed E-state index contributed by atoms with van der Waals surface area (Å²) in [4.78, 5) is 15.6. The molecule has 5 rings (SSSR count). The van der Waals surface area contributed by atoms with Crippen molar-refractivity contribution in [2.24, 2.45) is 11.1 Å². The highest BCUT2D eigenvalue weighted by molar-refractivity contribution is 7.97. The van der Waals surface area contributed by atoms with Crippen LogP contribution in [0.5, 0.6) is 0 Å². The fourth-order valence-electron chi connectivity index (χ4n) is 4.62. The third-order valence-corrected chi connectivity index (χ3v) is 6.74. The number of nitrogens with zero attached hydrogens (tertiary/aromatic N) is 3. The van der Waals surface area contributed by atoms with Crippen LogP contribution in [-0.2, 0) is 17.6 Å². The van der Waals surface area contributed by atoms with Crippen molar-refractivity contribution in [3.05, 3.63) is 71.3 Å². The molecule has 1 amide bonds. The number of anilines is 1. The van der Waals surface area contributed by atoms with Crippen molar-refractivity contribution in [3.8, 4) is 5.69 Å². The quantitative estimate of drug-likeness (QED) is 0.669. The van der Waals surface area contributed by atoms with Crippen LogP contribution in [0.25, 0.3) is 5.69 Å². The standard InChI is InChI=1S/C22H21FN4OS/c1-13-17-4-3-16(27-7-2-6-25-27)9-15(17)10-18(13)22(28)26-8-5-14-11-19(23)21(29-24)12-20(14)26/h2-4,6-7,9,11-13,18H,5,8,10,24H2,1H3. The highest BCUT2D eigenvalue weighted by atomic mass is 32.2. The minimum Gasteiger partial charge on any atom is -0.312 e. The number of halogens is 1. The van der Waals surface area contributed by atoms with Crippen molar-refractivity contribution in [2.45, 2.75) is 30.6 Å². The molecule has 0 radical (unpaired) electrons. The molecule has 3 aromatic rings. The van der Waals surface area contributed by atoms with Crippen LogP contribution in [0.2, 0.25) is 0 Å². The Bertz CT molecular complexity index is 1100. The van der Waals surface area contributed by atoms with Crippen LogP contribution in [-0.4, -0.2) is 22.2 Å². The van der Waals surface area contributed by atoms with E-state index in [2.05, 4.69) is 24.2 Å². The van der Waals surface area contributed by atoms with Gasteiger partial charge in [-0.05, 0) is 77.7 Å². The summed E-state index contributed by atoms with van der Waals surface area (Å²) in [5, 5.41) is 9.88.